The van der Waals surface area contributed by atoms with Gasteiger partial charge in [0.1, 0.15) is 0 Å². The van der Waals surface area contributed by atoms with Crippen molar-refractivity contribution in [3.63, 3.8) is 0 Å². The molecule has 0 unspecified atom stereocenters. The third-order valence-corrected chi connectivity index (χ3v) is 3.57. The SMILES string of the molecule is CCc1nnc(CSc2ccc(C#N)c(C(F)(F)F)c2)o1. The molecule has 21 heavy (non-hydrogen) atoms. The van der Waals surface area contributed by atoms with E-state index in [4.69, 9.17) is 9.68 Å². The van der Waals surface area contributed by atoms with E-state index in [1.807, 2.05) is 6.92 Å². The molecule has 4 nitrogen and oxygen atoms in total. The molecule has 1 heterocycles. The van der Waals surface area contributed by atoms with Crippen molar-refractivity contribution in [2.75, 3.05) is 0 Å². The van der Waals surface area contributed by atoms with Crippen LogP contribution < -0.4 is 0 Å². The molecule has 0 fully saturated rings. The number of benzene rings is 1. The van der Waals surface area contributed by atoms with Crippen LogP contribution >= 0.6 is 11.8 Å². The van der Waals surface area contributed by atoms with E-state index in [1.54, 1.807) is 6.07 Å². The number of alkyl halides is 3. The van der Waals surface area contributed by atoms with Crippen LogP contribution in [0.4, 0.5) is 13.2 Å². The highest BCUT2D eigenvalue weighted by molar-refractivity contribution is 7.98. The number of aryl methyl sites for hydroxylation is 1. The van der Waals surface area contributed by atoms with E-state index in [-0.39, 0.29) is 5.75 Å². The topological polar surface area (TPSA) is 62.7 Å². The van der Waals surface area contributed by atoms with Crippen LogP contribution in [0.25, 0.3) is 0 Å². The number of hydrogen-bond donors (Lipinski definition) is 0. The van der Waals surface area contributed by atoms with Crippen LogP contribution in [0.2, 0.25) is 0 Å². The van der Waals surface area contributed by atoms with Gasteiger partial charge in [0, 0.05) is 11.3 Å². The van der Waals surface area contributed by atoms with Crippen LogP contribution in [0.1, 0.15) is 29.8 Å². The largest absolute Gasteiger partial charge is 0.424 e. The van der Waals surface area contributed by atoms with Crippen molar-refractivity contribution in [1.82, 2.24) is 10.2 Å². The Hall–Kier alpha value is -2.01. The summed E-state index contributed by atoms with van der Waals surface area (Å²) in [6.45, 7) is 1.86. The summed E-state index contributed by atoms with van der Waals surface area (Å²) in [5, 5.41) is 16.3. The number of nitriles is 1. The van der Waals surface area contributed by atoms with Gasteiger partial charge in [-0.15, -0.1) is 22.0 Å². The minimum Gasteiger partial charge on any atom is -0.424 e. The molecule has 0 aliphatic rings. The Balaban J connectivity index is 2.16. The van der Waals surface area contributed by atoms with Crippen molar-refractivity contribution >= 4 is 11.8 Å². The third kappa shape index (κ3) is 3.76. The van der Waals surface area contributed by atoms with Crippen molar-refractivity contribution in [2.45, 2.75) is 30.2 Å². The molecule has 0 saturated carbocycles. The summed E-state index contributed by atoms with van der Waals surface area (Å²) in [5.74, 6) is 1.12. The summed E-state index contributed by atoms with van der Waals surface area (Å²) in [5.41, 5.74) is -1.33. The number of thioether (sulfide) groups is 1. The van der Waals surface area contributed by atoms with Crippen molar-refractivity contribution < 1.29 is 17.6 Å². The zero-order valence-corrected chi connectivity index (χ0v) is 11.8. The summed E-state index contributed by atoms with van der Waals surface area (Å²) in [7, 11) is 0. The first-order chi connectivity index (χ1) is 9.94. The lowest BCUT2D eigenvalue weighted by Crippen LogP contribution is -2.07. The fourth-order valence-electron chi connectivity index (χ4n) is 1.58. The Morgan fingerprint density at radius 2 is 2.00 bits per heavy atom. The number of hydrogen-bond acceptors (Lipinski definition) is 5. The van der Waals surface area contributed by atoms with Gasteiger partial charge in [0.05, 0.1) is 22.9 Å². The Kier molecular flexibility index (Phi) is 4.53. The first-order valence-corrected chi connectivity index (χ1v) is 6.98. The predicted molar refractivity (Wildman–Crippen MR) is 69.4 cm³/mol. The fraction of sp³-hybridized carbons (Fsp3) is 0.308. The average Bonchev–Trinajstić information content (AvgIpc) is 2.92. The minimum absolute atomic E-state index is 0.274. The lowest BCUT2D eigenvalue weighted by atomic mass is 10.1. The average molecular weight is 313 g/mol. The molecule has 8 heteroatoms. The molecule has 0 saturated heterocycles. The summed E-state index contributed by atoms with van der Waals surface area (Å²) in [6.07, 6.45) is -3.95. The number of rotatable bonds is 4. The monoisotopic (exact) mass is 313 g/mol. The lowest BCUT2D eigenvalue weighted by molar-refractivity contribution is -0.137. The minimum atomic E-state index is -4.55. The van der Waals surface area contributed by atoms with Gasteiger partial charge in [-0.1, -0.05) is 6.92 Å². The van der Waals surface area contributed by atoms with Gasteiger partial charge in [-0.2, -0.15) is 18.4 Å². The Labute approximate surface area is 123 Å². The maximum Gasteiger partial charge on any atom is 0.417 e. The lowest BCUT2D eigenvalue weighted by Gasteiger charge is -2.10. The molecule has 0 aliphatic carbocycles. The highest BCUT2D eigenvalue weighted by Crippen LogP contribution is 2.35. The van der Waals surface area contributed by atoms with Crippen molar-refractivity contribution in [3.05, 3.63) is 41.1 Å². The molecular weight excluding hydrogens is 303 g/mol. The molecule has 0 atom stereocenters. The van der Waals surface area contributed by atoms with E-state index in [0.29, 0.717) is 23.1 Å². The van der Waals surface area contributed by atoms with Crippen LogP contribution in [0.15, 0.2) is 27.5 Å². The fourth-order valence-corrected chi connectivity index (χ4v) is 2.35. The first-order valence-electron chi connectivity index (χ1n) is 5.99. The second-order valence-corrected chi connectivity index (χ2v) is 5.10. The number of aromatic nitrogens is 2. The van der Waals surface area contributed by atoms with Crippen LogP contribution in [0.3, 0.4) is 0 Å². The van der Waals surface area contributed by atoms with E-state index < -0.39 is 17.3 Å². The van der Waals surface area contributed by atoms with Crippen LogP contribution in [0, 0.1) is 11.3 Å². The molecule has 0 spiro atoms. The smallest absolute Gasteiger partial charge is 0.417 e. The molecule has 1 aromatic heterocycles. The molecule has 0 bridgehead atoms. The van der Waals surface area contributed by atoms with Crippen molar-refractivity contribution in [1.29, 1.82) is 5.26 Å². The summed E-state index contributed by atoms with van der Waals surface area (Å²) in [6, 6.07) is 5.13. The maximum atomic E-state index is 12.8. The summed E-state index contributed by atoms with van der Waals surface area (Å²) in [4.78, 5) is 0.387. The Bertz CT molecular complexity index is 676. The van der Waals surface area contributed by atoms with Gasteiger partial charge in [-0.25, -0.2) is 0 Å². The third-order valence-electron chi connectivity index (χ3n) is 2.59. The highest BCUT2D eigenvalue weighted by Gasteiger charge is 2.33. The molecule has 2 rings (SSSR count). The first kappa shape index (κ1) is 15.4. The summed E-state index contributed by atoms with van der Waals surface area (Å²) < 4.78 is 43.8. The van der Waals surface area contributed by atoms with E-state index in [9.17, 15) is 13.2 Å². The second kappa shape index (κ2) is 6.18. The zero-order valence-electron chi connectivity index (χ0n) is 10.9. The molecule has 0 N–H and O–H groups in total. The molecule has 0 radical (unpaired) electrons. The number of nitrogens with zero attached hydrogens (tertiary/aromatic N) is 3. The zero-order chi connectivity index (χ0) is 15.5. The van der Waals surface area contributed by atoms with Gasteiger partial charge in [0.2, 0.25) is 11.8 Å². The molecule has 110 valence electrons. The van der Waals surface area contributed by atoms with Crippen molar-refractivity contribution in [3.8, 4) is 6.07 Å². The van der Waals surface area contributed by atoms with Crippen LogP contribution in [0.5, 0.6) is 0 Å². The van der Waals surface area contributed by atoms with E-state index >= 15 is 0 Å². The van der Waals surface area contributed by atoms with E-state index in [1.165, 1.54) is 6.07 Å². The standard InChI is InChI=1S/C13H10F3N3OS/c1-2-11-18-19-12(20-11)7-21-9-4-3-8(6-17)10(5-9)13(14,15)16/h3-5H,2,7H2,1H3. The Morgan fingerprint density at radius 1 is 1.29 bits per heavy atom. The van der Waals surface area contributed by atoms with E-state index in [2.05, 4.69) is 10.2 Å². The molecule has 2 aromatic rings. The van der Waals surface area contributed by atoms with Crippen molar-refractivity contribution in [2.24, 2.45) is 0 Å². The van der Waals surface area contributed by atoms with Crippen LogP contribution in [-0.2, 0) is 18.3 Å². The predicted octanol–water partition coefficient (Wildman–Crippen LogP) is 3.81. The normalized spacial score (nSPS) is 11.4. The molecule has 0 amide bonds. The maximum absolute atomic E-state index is 12.8. The molecule has 0 aliphatic heterocycles. The molecule has 1 aromatic carbocycles. The van der Waals surface area contributed by atoms with E-state index in [0.717, 1.165) is 23.9 Å². The van der Waals surface area contributed by atoms with Gasteiger partial charge in [0.15, 0.2) is 0 Å². The van der Waals surface area contributed by atoms with Gasteiger partial charge in [-0.05, 0) is 18.2 Å². The van der Waals surface area contributed by atoms with Gasteiger partial charge < -0.3 is 4.42 Å². The quantitative estimate of drug-likeness (QED) is 0.803. The Morgan fingerprint density at radius 3 is 2.57 bits per heavy atom. The summed E-state index contributed by atoms with van der Waals surface area (Å²) >= 11 is 1.14. The molecular formula is C13H10F3N3OS. The van der Waals surface area contributed by atoms with Crippen LogP contribution in [-0.4, -0.2) is 10.2 Å². The van der Waals surface area contributed by atoms with Gasteiger partial charge in [-0.3, -0.25) is 0 Å². The number of halogens is 3. The van der Waals surface area contributed by atoms with Gasteiger partial charge in [0.25, 0.3) is 0 Å². The highest BCUT2D eigenvalue weighted by atomic mass is 32.2. The van der Waals surface area contributed by atoms with Gasteiger partial charge >= 0.3 is 6.18 Å². The second-order valence-electron chi connectivity index (χ2n) is 4.05.